The summed E-state index contributed by atoms with van der Waals surface area (Å²) in [7, 11) is 0. The number of aromatic nitrogens is 1. The van der Waals surface area contributed by atoms with E-state index in [1.54, 1.807) is 30.5 Å². The number of hydrogen-bond donors (Lipinski definition) is 1. The lowest BCUT2D eigenvalue weighted by Gasteiger charge is -2.17. The van der Waals surface area contributed by atoms with Crippen LogP contribution in [0.2, 0.25) is 5.02 Å². The maximum Gasteiger partial charge on any atom is 0.258 e. The second-order valence-corrected chi connectivity index (χ2v) is 5.77. The molecule has 3 rings (SSSR count). The molecule has 1 aliphatic heterocycles. The van der Waals surface area contributed by atoms with Crippen LogP contribution in [-0.4, -0.2) is 16.8 Å². The number of anilines is 1. The van der Waals surface area contributed by atoms with Crippen LogP contribution in [0.5, 0.6) is 0 Å². The van der Waals surface area contributed by atoms with Gasteiger partial charge in [0.15, 0.2) is 0 Å². The number of carbonyl (C=O) groups excluding carboxylic acids is 2. The van der Waals surface area contributed by atoms with E-state index >= 15 is 0 Å². The van der Waals surface area contributed by atoms with Crippen LogP contribution < -0.4 is 10.4 Å². The number of benzene rings is 1. The summed E-state index contributed by atoms with van der Waals surface area (Å²) >= 11 is 5.97. The number of amides is 2. The number of carbonyl (C=O) groups is 2. The number of nitrogens with zero attached hydrogens (tertiary/aromatic N) is 2. The Bertz CT molecular complexity index is 747. The van der Waals surface area contributed by atoms with Crippen LogP contribution in [0, 0.1) is 5.92 Å². The highest BCUT2D eigenvalue weighted by molar-refractivity contribution is 6.31. The number of rotatable bonds is 4. The van der Waals surface area contributed by atoms with Gasteiger partial charge in [-0.15, -0.1) is 0 Å². The molecule has 1 unspecified atom stereocenters. The van der Waals surface area contributed by atoms with E-state index in [9.17, 15) is 9.59 Å². The van der Waals surface area contributed by atoms with Crippen molar-refractivity contribution in [3.8, 4) is 0 Å². The minimum atomic E-state index is -0.601. The Morgan fingerprint density at radius 1 is 1.32 bits per heavy atom. The number of pyridine rings is 1. The summed E-state index contributed by atoms with van der Waals surface area (Å²) in [5.41, 5.74) is 3.98. The standard InChI is InChI=1S/C16H16ClN3O2/c1-2-3-4-12-15(21)19-20(16(12)22)14-7-8-18-13-9-10(17)5-6-11(13)14/h5-9,12H,2-4H2,1H3,(H,19,21). The molecule has 1 aliphatic rings. The van der Waals surface area contributed by atoms with Gasteiger partial charge in [0.1, 0.15) is 5.92 Å². The van der Waals surface area contributed by atoms with Crippen molar-refractivity contribution in [1.29, 1.82) is 0 Å². The van der Waals surface area contributed by atoms with Gasteiger partial charge >= 0.3 is 0 Å². The third-order valence-electron chi connectivity index (χ3n) is 3.83. The molecule has 2 aromatic rings. The average molecular weight is 318 g/mol. The predicted octanol–water partition coefficient (Wildman–Crippen LogP) is 3.07. The van der Waals surface area contributed by atoms with Crippen molar-refractivity contribution in [3.63, 3.8) is 0 Å². The molecule has 2 amide bonds. The van der Waals surface area contributed by atoms with Crippen molar-refractivity contribution < 1.29 is 9.59 Å². The van der Waals surface area contributed by atoms with Crippen LogP contribution in [0.1, 0.15) is 26.2 Å². The Morgan fingerprint density at radius 3 is 2.91 bits per heavy atom. The van der Waals surface area contributed by atoms with Crippen LogP contribution in [0.25, 0.3) is 10.9 Å². The Morgan fingerprint density at radius 2 is 2.14 bits per heavy atom. The van der Waals surface area contributed by atoms with Gasteiger partial charge in [0.2, 0.25) is 0 Å². The van der Waals surface area contributed by atoms with Gasteiger partial charge in [0.25, 0.3) is 11.8 Å². The van der Waals surface area contributed by atoms with Crippen LogP contribution >= 0.6 is 11.6 Å². The topological polar surface area (TPSA) is 62.3 Å². The molecule has 22 heavy (non-hydrogen) atoms. The second kappa shape index (κ2) is 5.93. The first-order valence-corrected chi connectivity index (χ1v) is 7.68. The Kier molecular flexibility index (Phi) is 3.98. The minimum absolute atomic E-state index is 0.207. The molecular formula is C16H16ClN3O2. The SMILES string of the molecule is CCCCC1C(=O)NN(c2ccnc3cc(Cl)ccc23)C1=O. The van der Waals surface area contributed by atoms with Gasteiger partial charge in [0.05, 0.1) is 11.2 Å². The molecular weight excluding hydrogens is 302 g/mol. The van der Waals surface area contributed by atoms with E-state index in [4.69, 9.17) is 11.6 Å². The maximum atomic E-state index is 12.5. The van der Waals surface area contributed by atoms with Crippen molar-refractivity contribution >= 4 is 40.0 Å². The van der Waals surface area contributed by atoms with Gasteiger partial charge in [-0.05, 0) is 30.7 Å². The van der Waals surface area contributed by atoms with E-state index < -0.39 is 5.92 Å². The van der Waals surface area contributed by atoms with Gasteiger partial charge in [0, 0.05) is 16.6 Å². The zero-order chi connectivity index (χ0) is 15.7. The van der Waals surface area contributed by atoms with Crippen LogP contribution in [0.4, 0.5) is 5.69 Å². The van der Waals surface area contributed by atoms with Gasteiger partial charge in [-0.2, -0.15) is 0 Å². The zero-order valence-corrected chi connectivity index (χ0v) is 12.9. The van der Waals surface area contributed by atoms with Gasteiger partial charge in [-0.3, -0.25) is 20.0 Å². The van der Waals surface area contributed by atoms with E-state index in [0.717, 1.165) is 18.2 Å². The number of nitrogens with one attached hydrogen (secondary N) is 1. The summed E-state index contributed by atoms with van der Waals surface area (Å²) in [5.74, 6) is -1.05. The highest BCUT2D eigenvalue weighted by atomic mass is 35.5. The highest BCUT2D eigenvalue weighted by Gasteiger charge is 2.39. The Hall–Kier alpha value is -2.14. The van der Waals surface area contributed by atoms with Crippen LogP contribution in [-0.2, 0) is 9.59 Å². The third kappa shape index (κ3) is 2.52. The van der Waals surface area contributed by atoms with Crippen molar-refractivity contribution in [3.05, 3.63) is 35.5 Å². The molecule has 0 spiro atoms. The Balaban J connectivity index is 1.98. The van der Waals surface area contributed by atoms with E-state index in [2.05, 4.69) is 10.4 Å². The fourth-order valence-electron chi connectivity index (χ4n) is 2.65. The van der Waals surface area contributed by atoms with Crippen molar-refractivity contribution in [1.82, 2.24) is 10.4 Å². The first kappa shape index (κ1) is 14.8. The van der Waals surface area contributed by atoms with E-state index in [1.807, 2.05) is 6.92 Å². The molecule has 1 N–H and O–H groups in total. The molecule has 1 fully saturated rings. The van der Waals surface area contributed by atoms with E-state index in [0.29, 0.717) is 22.6 Å². The number of fused-ring (bicyclic) bond motifs is 1. The molecule has 6 heteroatoms. The van der Waals surface area contributed by atoms with E-state index in [-0.39, 0.29) is 11.8 Å². The smallest absolute Gasteiger partial charge is 0.258 e. The lowest BCUT2D eigenvalue weighted by Crippen LogP contribution is -2.36. The van der Waals surface area contributed by atoms with Crippen LogP contribution in [0.15, 0.2) is 30.5 Å². The molecule has 1 aromatic carbocycles. The molecule has 0 bridgehead atoms. The maximum absolute atomic E-state index is 12.5. The fourth-order valence-corrected chi connectivity index (χ4v) is 2.82. The lowest BCUT2D eigenvalue weighted by molar-refractivity contribution is -0.127. The number of hydrogen-bond acceptors (Lipinski definition) is 3. The van der Waals surface area contributed by atoms with Crippen molar-refractivity contribution in [2.24, 2.45) is 5.92 Å². The summed E-state index contributed by atoms with van der Waals surface area (Å²) in [6.07, 6.45) is 3.98. The first-order chi connectivity index (χ1) is 10.6. The molecule has 5 nitrogen and oxygen atoms in total. The molecule has 1 saturated heterocycles. The van der Waals surface area contributed by atoms with Crippen LogP contribution in [0.3, 0.4) is 0 Å². The van der Waals surface area contributed by atoms with E-state index in [1.165, 1.54) is 5.01 Å². The van der Waals surface area contributed by atoms with Gasteiger partial charge < -0.3 is 0 Å². The number of unbranched alkanes of at least 4 members (excludes halogenated alkanes) is 1. The number of hydrazine groups is 1. The Labute approximate surface area is 133 Å². The molecule has 114 valence electrons. The lowest BCUT2D eigenvalue weighted by atomic mass is 10.0. The summed E-state index contributed by atoms with van der Waals surface area (Å²) in [6, 6.07) is 7.00. The molecule has 0 saturated carbocycles. The van der Waals surface area contributed by atoms with Crippen molar-refractivity contribution in [2.75, 3.05) is 5.01 Å². The minimum Gasteiger partial charge on any atom is -0.272 e. The quantitative estimate of drug-likeness (QED) is 0.881. The normalized spacial score (nSPS) is 18.1. The molecule has 1 atom stereocenters. The molecule has 0 aliphatic carbocycles. The summed E-state index contributed by atoms with van der Waals surface area (Å²) in [4.78, 5) is 28.8. The number of halogens is 1. The third-order valence-corrected chi connectivity index (χ3v) is 4.06. The molecule has 2 heterocycles. The first-order valence-electron chi connectivity index (χ1n) is 7.30. The average Bonchev–Trinajstić information content (AvgIpc) is 2.79. The van der Waals surface area contributed by atoms with Gasteiger partial charge in [-0.25, -0.2) is 5.01 Å². The zero-order valence-electron chi connectivity index (χ0n) is 12.2. The predicted molar refractivity (Wildman–Crippen MR) is 85.4 cm³/mol. The second-order valence-electron chi connectivity index (χ2n) is 5.34. The van der Waals surface area contributed by atoms with Gasteiger partial charge in [-0.1, -0.05) is 31.4 Å². The molecule has 1 aromatic heterocycles. The summed E-state index contributed by atoms with van der Waals surface area (Å²) < 4.78 is 0. The summed E-state index contributed by atoms with van der Waals surface area (Å²) in [6.45, 7) is 2.04. The largest absolute Gasteiger partial charge is 0.272 e. The molecule has 0 radical (unpaired) electrons. The monoisotopic (exact) mass is 317 g/mol. The van der Waals surface area contributed by atoms with Crippen molar-refractivity contribution in [2.45, 2.75) is 26.2 Å². The summed E-state index contributed by atoms with van der Waals surface area (Å²) in [5, 5.41) is 2.69. The fraction of sp³-hybridized carbons (Fsp3) is 0.312. The highest BCUT2D eigenvalue weighted by Crippen LogP contribution is 2.30.